The SMILES string of the molecule is CCCC1(CCc2ccccc2)CC(O)=C(C(CC)c2ccc(N3CNc4c3ncnc4S(N)(=O)=O)cc2)C(=O)O1. The van der Waals surface area contributed by atoms with Crippen LogP contribution in [0.5, 0.6) is 0 Å². The number of benzene rings is 2. The highest BCUT2D eigenvalue weighted by Gasteiger charge is 2.43. The molecule has 0 radical (unpaired) electrons. The fraction of sp³-hybridized carbons (Fsp3) is 0.367. The zero-order valence-corrected chi connectivity index (χ0v) is 24.0. The number of aliphatic hydroxyl groups is 1. The maximum atomic E-state index is 13.5. The molecule has 2 aliphatic rings. The van der Waals surface area contributed by atoms with Gasteiger partial charge >= 0.3 is 5.97 Å². The highest BCUT2D eigenvalue weighted by molar-refractivity contribution is 7.89. The maximum absolute atomic E-state index is 13.5. The van der Waals surface area contributed by atoms with E-state index in [9.17, 15) is 18.3 Å². The van der Waals surface area contributed by atoms with E-state index in [1.165, 1.54) is 11.9 Å². The van der Waals surface area contributed by atoms with Crippen LogP contribution in [0.15, 0.2) is 77.3 Å². The molecule has 2 aliphatic heterocycles. The van der Waals surface area contributed by atoms with Gasteiger partial charge in [0.05, 0.1) is 12.2 Å². The minimum Gasteiger partial charge on any atom is -0.512 e. The van der Waals surface area contributed by atoms with E-state index in [4.69, 9.17) is 9.88 Å². The number of rotatable bonds is 10. The van der Waals surface area contributed by atoms with Crippen LogP contribution in [0.2, 0.25) is 0 Å². The molecule has 0 fully saturated rings. The summed E-state index contributed by atoms with van der Waals surface area (Å²) in [6.45, 7) is 4.32. The van der Waals surface area contributed by atoms with E-state index in [0.29, 0.717) is 37.1 Å². The van der Waals surface area contributed by atoms with E-state index >= 15 is 0 Å². The fourth-order valence-electron chi connectivity index (χ4n) is 5.90. The number of sulfonamides is 1. The Morgan fingerprint density at radius 1 is 1.10 bits per heavy atom. The molecule has 41 heavy (non-hydrogen) atoms. The van der Waals surface area contributed by atoms with Crippen molar-refractivity contribution in [1.29, 1.82) is 0 Å². The van der Waals surface area contributed by atoms with Crippen molar-refractivity contribution in [3.05, 3.63) is 83.4 Å². The lowest BCUT2D eigenvalue weighted by Gasteiger charge is -2.38. The Bertz CT molecular complexity index is 1560. The number of hydrogen-bond donors (Lipinski definition) is 3. The van der Waals surface area contributed by atoms with Crippen LogP contribution in [0.25, 0.3) is 0 Å². The number of cyclic esters (lactones) is 1. The van der Waals surface area contributed by atoms with Crippen molar-refractivity contribution in [2.45, 2.75) is 68.9 Å². The molecule has 2 unspecified atom stereocenters. The van der Waals surface area contributed by atoms with Crippen LogP contribution in [0.1, 0.15) is 63.0 Å². The molecular formula is C30H35N5O5S. The Morgan fingerprint density at radius 2 is 1.83 bits per heavy atom. The lowest BCUT2D eigenvalue weighted by Crippen LogP contribution is -2.41. The quantitative estimate of drug-likeness (QED) is 0.222. The number of aryl methyl sites for hydroxylation is 1. The molecule has 216 valence electrons. The second-order valence-electron chi connectivity index (χ2n) is 10.6. The monoisotopic (exact) mass is 577 g/mol. The number of aromatic nitrogens is 2. The van der Waals surface area contributed by atoms with Gasteiger partial charge in [0.25, 0.3) is 10.0 Å². The van der Waals surface area contributed by atoms with Crippen LogP contribution < -0.4 is 15.4 Å². The number of esters is 1. The summed E-state index contributed by atoms with van der Waals surface area (Å²) in [7, 11) is -4.02. The number of fused-ring (bicyclic) bond motifs is 1. The van der Waals surface area contributed by atoms with Crippen LogP contribution >= 0.6 is 0 Å². The number of anilines is 3. The van der Waals surface area contributed by atoms with Crippen molar-refractivity contribution in [3.8, 4) is 0 Å². The lowest BCUT2D eigenvalue weighted by atomic mass is 9.80. The van der Waals surface area contributed by atoms with Crippen LogP contribution in [0.3, 0.4) is 0 Å². The Hall–Kier alpha value is -3.96. The summed E-state index contributed by atoms with van der Waals surface area (Å²) in [5.74, 6) is -0.298. The van der Waals surface area contributed by atoms with E-state index in [1.54, 1.807) is 0 Å². The van der Waals surface area contributed by atoms with Crippen molar-refractivity contribution in [2.75, 3.05) is 16.9 Å². The van der Waals surface area contributed by atoms with Gasteiger partial charge < -0.3 is 20.1 Å². The van der Waals surface area contributed by atoms with E-state index in [0.717, 1.165) is 24.1 Å². The first kappa shape index (κ1) is 28.6. The average molecular weight is 578 g/mol. The Labute approximate surface area is 240 Å². The third-order valence-corrected chi connectivity index (χ3v) is 8.69. The van der Waals surface area contributed by atoms with Crippen molar-refractivity contribution < 1.29 is 23.1 Å². The van der Waals surface area contributed by atoms with Gasteiger partial charge in [0.15, 0.2) is 10.8 Å². The number of primary sulfonamides is 1. The van der Waals surface area contributed by atoms with Gasteiger partial charge in [-0.25, -0.2) is 28.3 Å². The normalized spacial score (nSPS) is 19.5. The van der Waals surface area contributed by atoms with Gasteiger partial charge in [0, 0.05) is 18.0 Å². The summed E-state index contributed by atoms with van der Waals surface area (Å²) in [6.07, 6.45) is 4.97. The minimum atomic E-state index is -4.02. The molecular weight excluding hydrogens is 542 g/mol. The summed E-state index contributed by atoms with van der Waals surface area (Å²) >= 11 is 0. The molecule has 0 aliphatic carbocycles. The van der Waals surface area contributed by atoms with E-state index in [-0.39, 0.29) is 29.1 Å². The molecule has 0 amide bonds. The van der Waals surface area contributed by atoms with Crippen LogP contribution in [0.4, 0.5) is 17.2 Å². The van der Waals surface area contributed by atoms with Gasteiger partial charge in [0.2, 0.25) is 0 Å². The van der Waals surface area contributed by atoms with Crippen LogP contribution in [-0.4, -0.2) is 41.7 Å². The van der Waals surface area contributed by atoms with E-state index in [1.807, 2.05) is 54.3 Å². The summed E-state index contributed by atoms with van der Waals surface area (Å²) in [4.78, 5) is 23.4. The van der Waals surface area contributed by atoms with E-state index < -0.39 is 21.6 Å². The number of carbonyl (C=O) groups excluding carboxylic acids is 1. The summed E-state index contributed by atoms with van der Waals surface area (Å²) in [5.41, 5.74) is 2.64. The standard InChI is InChI=1S/C30H35N5O5S/c1-3-15-30(16-14-20-8-6-5-7-9-20)17-24(36)25(29(37)40-30)23(4-2)21-10-12-22(13-11-21)35-19-34-26-27(35)32-18-33-28(26)41(31,38)39/h5-13,18,23,34,36H,3-4,14-17,19H2,1-2H3,(H2,31,38,39). The number of carbonyl (C=O) groups is 1. The smallest absolute Gasteiger partial charge is 0.338 e. The number of hydrogen-bond acceptors (Lipinski definition) is 9. The molecule has 2 atom stereocenters. The first-order valence-electron chi connectivity index (χ1n) is 13.8. The highest BCUT2D eigenvalue weighted by atomic mass is 32.2. The predicted molar refractivity (Wildman–Crippen MR) is 156 cm³/mol. The van der Waals surface area contributed by atoms with Crippen molar-refractivity contribution in [2.24, 2.45) is 5.14 Å². The van der Waals surface area contributed by atoms with Gasteiger partial charge in [-0.05, 0) is 48.9 Å². The molecule has 1 aromatic heterocycles. The predicted octanol–water partition coefficient (Wildman–Crippen LogP) is 5.07. The molecule has 0 saturated heterocycles. The van der Waals surface area contributed by atoms with Gasteiger partial charge in [-0.3, -0.25) is 0 Å². The molecule has 2 aromatic carbocycles. The van der Waals surface area contributed by atoms with Crippen LogP contribution in [-0.2, 0) is 26.0 Å². The zero-order chi connectivity index (χ0) is 29.2. The van der Waals surface area contributed by atoms with Crippen LogP contribution in [0, 0.1) is 0 Å². The Morgan fingerprint density at radius 3 is 2.46 bits per heavy atom. The second-order valence-corrected chi connectivity index (χ2v) is 12.1. The fourth-order valence-corrected chi connectivity index (χ4v) is 6.54. The minimum absolute atomic E-state index is 0.101. The number of ether oxygens (including phenoxy) is 1. The summed E-state index contributed by atoms with van der Waals surface area (Å²) in [5, 5.41) is 19.4. The number of aliphatic hydroxyl groups excluding tert-OH is 1. The second kappa shape index (κ2) is 11.5. The first-order chi connectivity index (χ1) is 19.7. The van der Waals surface area contributed by atoms with Gasteiger partial charge in [-0.1, -0.05) is 62.7 Å². The number of nitrogens with one attached hydrogen (secondary N) is 1. The summed E-state index contributed by atoms with van der Waals surface area (Å²) in [6, 6.07) is 17.6. The van der Waals surface area contributed by atoms with Crippen molar-refractivity contribution in [1.82, 2.24) is 9.97 Å². The molecule has 11 heteroatoms. The molecule has 3 heterocycles. The van der Waals surface area contributed by atoms with Crippen molar-refractivity contribution in [3.63, 3.8) is 0 Å². The van der Waals surface area contributed by atoms with Gasteiger partial charge in [-0.2, -0.15) is 0 Å². The first-order valence-corrected chi connectivity index (χ1v) is 15.4. The third-order valence-electron chi connectivity index (χ3n) is 7.84. The van der Waals surface area contributed by atoms with E-state index in [2.05, 4.69) is 34.3 Å². The molecule has 10 nitrogen and oxygen atoms in total. The molecule has 0 spiro atoms. The third kappa shape index (κ3) is 5.77. The zero-order valence-electron chi connectivity index (χ0n) is 23.2. The largest absolute Gasteiger partial charge is 0.512 e. The van der Waals surface area contributed by atoms with Gasteiger partial charge in [0.1, 0.15) is 23.4 Å². The molecule has 5 rings (SSSR count). The maximum Gasteiger partial charge on any atom is 0.338 e. The highest BCUT2D eigenvalue weighted by Crippen LogP contribution is 2.43. The van der Waals surface area contributed by atoms with Gasteiger partial charge in [-0.15, -0.1) is 0 Å². The molecule has 3 aromatic rings. The lowest BCUT2D eigenvalue weighted by molar-refractivity contribution is -0.161. The molecule has 4 N–H and O–H groups in total. The Balaban J connectivity index is 1.38. The Kier molecular flexibility index (Phi) is 8.01. The summed E-state index contributed by atoms with van der Waals surface area (Å²) < 4.78 is 30.0. The van der Waals surface area contributed by atoms with Crippen molar-refractivity contribution >= 4 is 33.2 Å². The average Bonchev–Trinajstić information content (AvgIpc) is 3.39. The number of nitrogens with zero attached hydrogens (tertiary/aromatic N) is 3. The molecule has 0 bridgehead atoms. The molecule has 0 saturated carbocycles. The topological polar surface area (TPSA) is 148 Å². The number of nitrogens with two attached hydrogens (primary N) is 1.